The van der Waals surface area contributed by atoms with Crippen LogP contribution in [0.25, 0.3) is 0 Å². The van der Waals surface area contributed by atoms with Crippen molar-refractivity contribution in [3.63, 3.8) is 0 Å². The monoisotopic (exact) mass is 291 g/mol. The van der Waals surface area contributed by atoms with E-state index < -0.39 is 0 Å². The fourth-order valence-corrected chi connectivity index (χ4v) is 2.39. The Morgan fingerprint density at radius 2 is 1.73 bits per heavy atom. The lowest BCUT2D eigenvalue weighted by atomic mass is 10.1. The van der Waals surface area contributed by atoms with Crippen LogP contribution in [-0.2, 0) is 11.3 Å². The Morgan fingerprint density at radius 3 is 2.41 bits per heavy atom. The number of hydrogen-bond donors (Lipinski definition) is 1. The van der Waals surface area contributed by atoms with Gasteiger partial charge in [0.1, 0.15) is 6.04 Å². The largest absolute Gasteiger partial charge is 0.348 e. The highest BCUT2D eigenvalue weighted by molar-refractivity contribution is 5.83. The van der Waals surface area contributed by atoms with Crippen molar-refractivity contribution in [3.8, 4) is 0 Å². The predicted molar refractivity (Wildman–Crippen MR) is 85.1 cm³/mol. The second kappa shape index (κ2) is 6.72. The van der Waals surface area contributed by atoms with Crippen LogP contribution >= 0.6 is 0 Å². The second-order valence-corrected chi connectivity index (χ2v) is 4.98. The summed E-state index contributed by atoms with van der Waals surface area (Å²) in [6, 6.07) is 18.9. The summed E-state index contributed by atoms with van der Waals surface area (Å²) in [5.41, 5.74) is 1.80. The molecule has 1 amide bonds. The van der Waals surface area contributed by atoms with Crippen LogP contribution in [0.2, 0.25) is 0 Å². The molecule has 0 aliphatic carbocycles. The number of nitrogens with zero attached hydrogens (tertiary/aromatic N) is 2. The van der Waals surface area contributed by atoms with Gasteiger partial charge < -0.3 is 9.88 Å². The molecule has 1 N–H and O–H groups in total. The number of nitrogens with one attached hydrogen (secondary N) is 1. The van der Waals surface area contributed by atoms with Gasteiger partial charge in [-0.25, -0.2) is 0 Å². The van der Waals surface area contributed by atoms with Gasteiger partial charge in [0.15, 0.2) is 0 Å². The van der Waals surface area contributed by atoms with Crippen molar-refractivity contribution in [1.82, 2.24) is 14.9 Å². The normalized spacial score (nSPS) is 11.8. The van der Waals surface area contributed by atoms with E-state index in [4.69, 9.17) is 0 Å². The van der Waals surface area contributed by atoms with Crippen molar-refractivity contribution >= 4 is 5.91 Å². The van der Waals surface area contributed by atoms with E-state index in [9.17, 15) is 4.79 Å². The van der Waals surface area contributed by atoms with E-state index in [1.807, 2.05) is 77.6 Å². The summed E-state index contributed by atoms with van der Waals surface area (Å²) in [4.78, 5) is 16.9. The molecule has 0 radical (unpaired) electrons. The minimum absolute atomic E-state index is 0.0481. The van der Waals surface area contributed by atoms with Crippen LogP contribution in [0, 0.1) is 0 Å². The summed E-state index contributed by atoms with van der Waals surface area (Å²) >= 11 is 0. The molecule has 0 fully saturated rings. The van der Waals surface area contributed by atoms with E-state index in [0.717, 1.165) is 11.3 Å². The average Bonchev–Trinajstić information content (AvgIpc) is 3.09. The number of pyridine rings is 1. The maximum Gasteiger partial charge on any atom is 0.248 e. The number of benzene rings is 1. The Hall–Kier alpha value is -2.88. The summed E-state index contributed by atoms with van der Waals surface area (Å²) < 4.78 is 1.91. The standard InChI is InChI=1S/C18H17N3O/c22-18(20-14-16-10-4-5-11-19-16)17(21-12-6-7-13-21)15-8-2-1-3-9-15/h1-13,17H,14H2,(H,20,22)/t17-/m1/s1. The fourth-order valence-electron chi connectivity index (χ4n) is 2.39. The molecule has 0 saturated heterocycles. The SMILES string of the molecule is O=C(NCc1ccccn1)[C@@H](c1ccccc1)n1cccc1. The van der Waals surface area contributed by atoms with Gasteiger partial charge in [0.2, 0.25) is 5.91 Å². The lowest BCUT2D eigenvalue weighted by Gasteiger charge is -2.19. The van der Waals surface area contributed by atoms with Crippen LogP contribution in [0.3, 0.4) is 0 Å². The first-order valence-corrected chi connectivity index (χ1v) is 7.19. The number of aromatic nitrogens is 2. The van der Waals surface area contributed by atoms with E-state index in [0.29, 0.717) is 6.54 Å². The van der Waals surface area contributed by atoms with Crippen molar-refractivity contribution < 1.29 is 4.79 Å². The maximum absolute atomic E-state index is 12.7. The van der Waals surface area contributed by atoms with Crippen LogP contribution in [0.15, 0.2) is 79.3 Å². The van der Waals surface area contributed by atoms with Gasteiger partial charge in [-0.15, -0.1) is 0 Å². The average molecular weight is 291 g/mol. The molecule has 2 aromatic heterocycles. The molecule has 3 rings (SSSR count). The van der Waals surface area contributed by atoms with Crippen LogP contribution in [0.1, 0.15) is 17.3 Å². The number of carbonyl (C=O) groups excluding carboxylic acids is 1. The van der Waals surface area contributed by atoms with E-state index in [2.05, 4.69) is 10.3 Å². The Labute approximate surface area is 129 Å². The molecule has 0 unspecified atom stereocenters. The van der Waals surface area contributed by atoms with Crippen molar-refractivity contribution in [2.75, 3.05) is 0 Å². The zero-order valence-corrected chi connectivity index (χ0v) is 12.1. The van der Waals surface area contributed by atoms with Crippen molar-refractivity contribution in [2.24, 2.45) is 0 Å². The number of hydrogen-bond acceptors (Lipinski definition) is 2. The van der Waals surface area contributed by atoms with Crippen LogP contribution in [0.5, 0.6) is 0 Å². The van der Waals surface area contributed by atoms with Gasteiger partial charge in [0.05, 0.1) is 12.2 Å². The Balaban J connectivity index is 1.79. The molecule has 22 heavy (non-hydrogen) atoms. The summed E-state index contributed by atoms with van der Waals surface area (Å²) in [6.45, 7) is 0.421. The molecule has 0 saturated carbocycles. The number of rotatable bonds is 5. The molecular formula is C18H17N3O. The first-order valence-electron chi connectivity index (χ1n) is 7.19. The van der Waals surface area contributed by atoms with E-state index in [-0.39, 0.29) is 11.9 Å². The Kier molecular flexibility index (Phi) is 4.30. The minimum Gasteiger partial charge on any atom is -0.348 e. The van der Waals surface area contributed by atoms with Gasteiger partial charge in [0, 0.05) is 18.6 Å². The molecule has 0 spiro atoms. The van der Waals surface area contributed by atoms with Gasteiger partial charge in [-0.05, 0) is 29.8 Å². The van der Waals surface area contributed by atoms with E-state index >= 15 is 0 Å². The van der Waals surface area contributed by atoms with Gasteiger partial charge in [0.25, 0.3) is 0 Å². The molecule has 2 heterocycles. The lowest BCUT2D eigenvalue weighted by molar-refractivity contribution is -0.123. The third kappa shape index (κ3) is 3.23. The highest BCUT2D eigenvalue weighted by atomic mass is 16.2. The molecule has 1 aromatic carbocycles. The number of carbonyl (C=O) groups is 1. The van der Waals surface area contributed by atoms with Crippen molar-refractivity contribution in [1.29, 1.82) is 0 Å². The zero-order valence-electron chi connectivity index (χ0n) is 12.1. The summed E-state index contributed by atoms with van der Waals surface area (Å²) in [5, 5.41) is 2.96. The molecule has 1 atom stereocenters. The number of amides is 1. The van der Waals surface area contributed by atoms with Gasteiger partial charge in [-0.1, -0.05) is 36.4 Å². The van der Waals surface area contributed by atoms with Crippen LogP contribution in [0.4, 0.5) is 0 Å². The quantitative estimate of drug-likeness (QED) is 0.785. The first kappa shape index (κ1) is 14.1. The minimum atomic E-state index is -0.375. The third-order valence-electron chi connectivity index (χ3n) is 3.46. The Morgan fingerprint density at radius 1 is 1.00 bits per heavy atom. The summed E-state index contributed by atoms with van der Waals surface area (Å²) in [6.07, 6.45) is 5.53. The topological polar surface area (TPSA) is 46.9 Å². The molecule has 3 aromatic rings. The maximum atomic E-state index is 12.7. The highest BCUT2D eigenvalue weighted by Gasteiger charge is 2.21. The van der Waals surface area contributed by atoms with Crippen LogP contribution < -0.4 is 5.32 Å². The lowest BCUT2D eigenvalue weighted by Crippen LogP contribution is -2.32. The van der Waals surface area contributed by atoms with Crippen molar-refractivity contribution in [3.05, 3.63) is 90.5 Å². The van der Waals surface area contributed by atoms with E-state index in [1.165, 1.54) is 0 Å². The predicted octanol–water partition coefficient (Wildman–Crippen LogP) is 2.79. The zero-order chi connectivity index (χ0) is 15.2. The molecule has 4 nitrogen and oxygen atoms in total. The van der Waals surface area contributed by atoms with Crippen molar-refractivity contribution in [2.45, 2.75) is 12.6 Å². The van der Waals surface area contributed by atoms with Gasteiger partial charge in [-0.3, -0.25) is 9.78 Å². The fraction of sp³-hybridized carbons (Fsp3) is 0.111. The first-order chi connectivity index (χ1) is 10.8. The van der Waals surface area contributed by atoms with E-state index in [1.54, 1.807) is 6.20 Å². The molecular weight excluding hydrogens is 274 g/mol. The molecule has 0 aliphatic rings. The molecule has 4 heteroatoms. The second-order valence-electron chi connectivity index (χ2n) is 4.98. The third-order valence-corrected chi connectivity index (χ3v) is 3.46. The van der Waals surface area contributed by atoms with Gasteiger partial charge in [-0.2, -0.15) is 0 Å². The summed E-state index contributed by atoms with van der Waals surface area (Å²) in [7, 11) is 0. The molecule has 0 aliphatic heterocycles. The molecule has 110 valence electrons. The van der Waals surface area contributed by atoms with Gasteiger partial charge >= 0.3 is 0 Å². The summed E-state index contributed by atoms with van der Waals surface area (Å²) in [5.74, 6) is -0.0481. The van der Waals surface area contributed by atoms with Crippen LogP contribution in [-0.4, -0.2) is 15.5 Å². The Bertz CT molecular complexity index is 709. The smallest absolute Gasteiger partial charge is 0.248 e. The molecule has 0 bridgehead atoms. The highest BCUT2D eigenvalue weighted by Crippen LogP contribution is 2.18.